The van der Waals surface area contributed by atoms with Gasteiger partial charge in [-0.3, -0.25) is 14.4 Å². The number of ether oxygens (including phenoxy) is 2. The van der Waals surface area contributed by atoms with Crippen LogP contribution in [-0.4, -0.2) is 52.7 Å². The Kier molecular flexibility index (Phi) is 10.6. The van der Waals surface area contributed by atoms with Crippen LogP contribution >= 0.6 is 11.8 Å². The van der Waals surface area contributed by atoms with Crippen LogP contribution in [0.3, 0.4) is 0 Å². The summed E-state index contributed by atoms with van der Waals surface area (Å²) in [5.74, 6) is -1.94. The Morgan fingerprint density at radius 1 is 1.08 bits per heavy atom. The largest absolute Gasteiger partial charge is 0.489 e. The van der Waals surface area contributed by atoms with Crippen molar-refractivity contribution in [1.29, 1.82) is 5.26 Å². The molecule has 0 unspecified atom stereocenters. The summed E-state index contributed by atoms with van der Waals surface area (Å²) in [4.78, 5) is 41.7. The van der Waals surface area contributed by atoms with Gasteiger partial charge in [-0.1, -0.05) is 12.1 Å². The van der Waals surface area contributed by atoms with E-state index in [4.69, 9.17) is 20.5 Å². The van der Waals surface area contributed by atoms with Gasteiger partial charge in [0, 0.05) is 40.8 Å². The predicted molar refractivity (Wildman–Crippen MR) is 177 cm³/mol. The minimum atomic E-state index is -1.01. The number of nitriles is 1. The molecule has 0 spiro atoms. The van der Waals surface area contributed by atoms with Crippen LogP contribution < -0.4 is 15.4 Å². The quantitative estimate of drug-likeness (QED) is 0.241. The average Bonchev–Trinajstić information content (AvgIpc) is 3.37. The van der Waals surface area contributed by atoms with E-state index in [0.29, 0.717) is 46.1 Å². The van der Waals surface area contributed by atoms with Crippen LogP contribution in [-0.2, 0) is 27.5 Å². The number of primary amides is 1. The molecule has 9 nitrogen and oxygen atoms in total. The molecule has 0 aromatic heterocycles. The molecule has 1 fully saturated rings. The summed E-state index contributed by atoms with van der Waals surface area (Å²) >= 11 is 1.46. The second-order valence-corrected chi connectivity index (χ2v) is 14.2. The van der Waals surface area contributed by atoms with Crippen molar-refractivity contribution in [3.63, 3.8) is 0 Å². The SMILES string of the molecule is CC(C)(C)OC(=O)CC[C@H](C(N)=O)N1Cc2c(OCc3ccc(SC4CCN(c5ccc(C#N)cc5F)CC4)c(F)c3)cccc2C1=O. The molecule has 1 atom stereocenters. The minimum Gasteiger partial charge on any atom is -0.489 e. The van der Waals surface area contributed by atoms with E-state index in [1.807, 2.05) is 11.0 Å². The molecule has 3 aromatic rings. The molecule has 0 aliphatic carbocycles. The number of esters is 1. The van der Waals surface area contributed by atoms with Crippen LogP contribution in [0.15, 0.2) is 59.5 Å². The van der Waals surface area contributed by atoms with E-state index in [-0.39, 0.29) is 48.5 Å². The van der Waals surface area contributed by atoms with Gasteiger partial charge in [0.1, 0.15) is 35.6 Å². The number of carbonyl (C=O) groups excluding carboxylic acids is 3. The van der Waals surface area contributed by atoms with E-state index in [1.54, 1.807) is 63.2 Å². The molecular weight excluding hydrogens is 638 g/mol. The lowest BCUT2D eigenvalue weighted by Crippen LogP contribution is -2.45. The summed E-state index contributed by atoms with van der Waals surface area (Å²) in [6.07, 6.45) is 1.45. The standard InChI is InChI=1S/C36H38F2N4O5S/c1-36(2,3)47-33(43)12-10-30(34(40)44)42-20-26-25(35(42)45)5-4-6-31(26)46-21-23-8-11-32(28(38)18-23)48-24-13-15-41(16-14-24)29-9-7-22(19-39)17-27(29)37/h4-9,11,17-18,24,30H,10,12-16,20-21H2,1-3H3,(H2,40,44)/t30-/m1/s1. The molecular formula is C36H38F2N4O5S. The Morgan fingerprint density at radius 3 is 2.48 bits per heavy atom. The third-order valence-electron chi connectivity index (χ3n) is 8.24. The Morgan fingerprint density at radius 2 is 1.83 bits per heavy atom. The highest BCUT2D eigenvalue weighted by molar-refractivity contribution is 8.00. The van der Waals surface area contributed by atoms with Gasteiger partial charge in [-0.15, -0.1) is 11.8 Å². The number of fused-ring (bicyclic) bond motifs is 1. The van der Waals surface area contributed by atoms with Gasteiger partial charge in [0.05, 0.1) is 23.9 Å². The van der Waals surface area contributed by atoms with Gasteiger partial charge >= 0.3 is 5.97 Å². The van der Waals surface area contributed by atoms with Gasteiger partial charge in [0.2, 0.25) is 5.91 Å². The van der Waals surface area contributed by atoms with E-state index < -0.39 is 29.3 Å². The lowest BCUT2D eigenvalue weighted by molar-refractivity contribution is -0.155. The zero-order chi connectivity index (χ0) is 34.6. The maximum atomic E-state index is 15.2. The van der Waals surface area contributed by atoms with Crippen LogP contribution in [0, 0.1) is 23.0 Å². The summed E-state index contributed by atoms with van der Waals surface area (Å²) < 4.78 is 41.1. The number of carbonyl (C=O) groups is 3. The first-order valence-electron chi connectivity index (χ1n) is 15.8. The van der Waals surface area contributed by atoms with Gasteiger partial charge in [-0.05, 0) is 88.1 Å². The van der Waals surface area contributed by atoms with E-state index >= 15 is 4.39 Å². The number of hydrogen-bond donors (Lipinski definition) is 1. The molecule has 5 rings (SSSR count). The smallest absolute Gasteiger partial charge is 0.306 e. The zero-order valence-corrected chi connectivity index (χ0v) is 27.9. The molecule has 2 N–H and O–H groups in total. The summed E-state index contributed by atoms with van der Waals surface area (Å²) in [6.45, 7) is 6.62. The van der Waals surface area contributed by atoms with Gasteiger partial charge in [0.15, 0.2) is 0 Å². The fraction of sp³-hybridized carbons (Fsp3) is 0.389. The van der Waals surface area contributed by atoms with Crippen molar-refractivity contribution in [2.24, 2.45) is 5.73 Å². The molecule has 0 bridgehead atoms. The third-order valence-corrected chi connectivity index (χ3v) is 9.63. The number of anilines is 1. The number of thioether (sulfide) groups is 1. The topological polar surface area (TPSA) is 126 Å². The number of nitrogens with two attached hydrogens (primary N) is 1. The molecule has 1 saturated heterocycles. The van der Waals surface area contributed by atoms with Gasteiger partial charge < -0.3 is 25.0 Å². The number of piperidine rings is 1. The lowest BCUT2D eigenvalue weighted by Gasteiger charge is -2.33. The highest BCUT2D eigenvalue weighted by Crippen LogP contribution is 2.36. The molecule has 2 aliphatic heterocycles. The minimum absolute atomic E-state index is 0.0264. The van der Waals surface area contributed by atoms with Crippen LogP contribution in [0.4, 0.5) is 14.5 Å². The summed E-state index contributed by atoms with van der Waals surface area (Å²) in [6, 6.07) is 15.4. The Bertz CT molecular complexity index is 1750. The molecule has 2 amide bonds. The fourth-order valence-electron chi connectivity index (χ4n) is 5.93. The number of nitrogens with zero attached hydrogens (tertiary/aromatic N) is 3. The molecule has 0 radical (unpaired) electrons. The Hall–Kier alpha value is -4.63. The maximum absolute atomic E-state index is 15.2. The Labute approximate surface area is 283 Å². The number of halogens is 2. The van der Waals surface area contributed by atoms with Crippen molar-refractivity contribution in [3.05, 3.63) is 88.5 Å². The lowest BCUT2D eigenvalue weighted by atomic mass is 10.1. The van der Waals surface area contributed by atoms with Crippen LogP contribution in [0.1, 0.15) is 73.5 Å². The fourth-order valence-corrected chi connectivity index (χ4v) is 7.05. The van der Waals surface area contributed by atoms with Crippen LogP contribution in [0.2, 0.25) is 0 Å². The van der Waals surface area contributed by atoms with E-state index in [1.165, 1.54) is 28.8 Å². The second kappa shape index (κ2) is 14.6. The monoisotopic (exact) mass is 676 g/mol. The molecule has 12 heteroatoms. The van der Waals surface area contributed by atoms with Crippen LogP contribution in [0.25, 0.3) is 0 Å². The number of benzene rings is 3. The van der Waals surface area contributed by atoms with Gasteiger partial charge in [-0.2, -0.15) is 5.26 Å². The van der Waals surface area contributed by atoms with Gasteiger partial charge in [-0.25, -0.2) is 8.78 Å². The van der Waals surface area contributed by atoms with Crippen molar-refractivity contribution in [3.8, 4) is 11.8 Å². The second-order valence-electron chi connectivity index (χ2n) is 12.9. The first-order valence-corrected chi connectivity index (χ1v) is 16.7. The number of hydrogen-bond acceptors (Lipinski definition) is 8. The first-order chi connectivity index (χ1) is 22.8. The highest BCUT2D eigenvalue weighted by atomic mass is 32.2. The van der Waals surface area contributed by atoms with Gasteiger partial charge in [0.25, 0.3) is 5.91 Å². The summed E-state index contributed by atoms with van der Waals surface area (Å²) in [5, 5.41) is 9.15. The molecule has 0 saturated carbocycles. The number of amides is 2. The highest BCUT2D eigenvalue weighted by Gasteiger charge is 2.37. The molecule has 2 aliphatic rings. The Balaban J connectivity index is 1.17. The van der Waals surface area contributed by atoms with Crippen molar-refractivity contribution in [1.82, 2.24) is 4.90 Å². The van der Waals surface area contributed by atoms with Crippen molar-refractivity contribution >= 4 is 35.2 Å². The van der Waals surface area contributed by atoms with Crippen molar-refractivity contribution in [2.75, 3.05) is 18.0 Å². The average molecular weight is 677 g/mol. The van der Waals surface area contributed by atoms with Crippen molar-refractivity contribution < 1.29 is 32.6 Å². The third kappa shape index (κ3) is 8.26. The maximum Gasteiger partial charge on any atom is 0.306 e. The predicted octanol–water partition coefficient (Wildman–Crippen LogP) is 6.11. The normalized spacial score (nSPS) is 15.5. The van der Waals surface area contributed by atoms with E-state index in [0.717, 1.165) is 12.8 Å². The van der Waals surface area contributed by atoms with Crippen molar-refractivity contribution in [2.45, 2.75) is 81.4 Å². The summed E-state index contributed by atoms with van der Waals surface area (Å²) in [5.41, 5.74) is 7.30. The van der Waals surface area contributed by atoms with Crippen LogP contribution in [0.5, 0.6) is 5.75 Å². The molecule has 252 valence electrons. The van der Waals surface area contributed by atoms with E-state index in [9.17, 15) is 18.8 Å². The van der Waals surface area contributed by atoms with E-state index in [2.05, 4.69) is 0 Å². The first kappa shape index (κ1) is 34.7. The number of rotatable bonds is 11. The molecule has 48 heavy (non-hydrogen) atoms. The summed E-state index contributed by atoms with van der Waals surface area (Å²) in [7, 11) is 0. The molecule has 2 heterocycles. The molecule has 3 aromatic carbocycles. The zero-order valence-electron chi connectivity index (χ0n) is 27.1.